The number of carbonyl (C=O) groups excluding carboxylic acids is 2. The molecule has 0 spiro atoms. The highest BCUT2D eigenvalue weighted by atomic mass is 16.2. The third kappa shape index (κ3) is 2.69. The fourth-order valence-corrected chi connectivity index (χ4v) is 3.10. The Morgan fingerprint density at radius 1 is 1.20 bits per heavy atom. The number of fused-ring (bicyclic) bond motifs is 1. The van der Waals surface area contributed by atoms with Crippen molar-refractivity contribution in [1.29, 1.82) is 0 Å². The van der Waals surface area contributed by atoms with E-state index in [4.69, 9.17) is 0 Å². The van der Waals surface area contributed by atoms with Gasteiger partial charge in [-0.3, -0.25) is 9.59 Å². The van der Waals surface area contributed by atoms with Crippen LogP contribution in [0.1, 0.15) is 48.0 Å². The van der Waals surface area contributed by atoms with E-state index in [1.54, 1.807) is 6.07 Å². The maximum atomic E-state index is 12.2. The van der Waals surface area contributed by atoms with Crippen LogP contribution in [0.2, 0.25) is 0 Å². The topological polar surface area (TPSA) is 58.2 Å². The van der Waals surface area contributed by atoms with Gasteiger partial charge in [-0.15, -0.1) is 0 Å². The fourth-order valence-electron chi connectivity index (χ4n) is 3.10. The molecular weight excluding hydrogens is 252 g/mol. The lowest BCUT2D eigenvalue weighted by Gasteiger charge is -2.22. The lowest BCUT2D eigenvalue weighted by atomic mass is 9.88. The summed E-state index contributed by atoms with van der Waals surface area (Å²) in [5.41, 5.74) is 2.48. The molecule has 4 nitrogen and oxygen atoms in total. The molecule has 0 bridgehead atoms. The molecule has 3 rings (SSSR count). The molecule has 0 atom stereocenters. The van der Waals surface area contributed by atoms with E-state index in [-0.39, 0.29) is 17.7 Å². The number of rotatable bonds is 2. The van der Waals surface area contributed by atoms with Crippen molar-refractivity contribution < 1.29 is 9.59 Å². The second-order valence-corrected chi connectivity index (χ2v) is 5.70. The van der Waals surface area contributed by atoms with Crippen molar-refractivity contribution in [3.63, 3.8) is 0 Å². The molecule has 0 aromatic heterocycles. The number of anilines is 1. The molecule has 2 aliphatic rings. The molecule has 0 saturated heterocycles. The summed E-state index contributed by atoms with van der Waals surface area (Å²) in [5.74, 6) is 0.189. The van der Waals surface area contributed by atoms with Crippen LogP contribution in [0.5, 0.6) is 0 Å². The van der Waals surface area contributed by atoms with Gasteiger partial charge >= 0.3 is 0 Å². The van der Waals surface area contributed by atoms with Gasteiger partial charge < -0.3 is 10.6 Å². The van der Waals surface area contributed by atoms with Crippen LogP contribution < -0.4 is 10.6 Å². The van der Waals surface area contributed by atoms with E-state index in [0.717, 1.165) is 43.4 Å². The minimum atomic E-state index is -0.0417. The van der Waals surface area contributed by atoms with Crippen LogP contribution in [0.15, 0.2) is 18.2 Å². The van der Waals surface area contributed by atoms with E-state index in [0.29, 0.717) is 12.1 Å². The summed E-state index contributed by atoms with van der Waals surface area (Å²) in [6, 6.07) is 5.65. The first-order chi connectivity index (χ1) is 9.74. The quantitative estimate of drug-likeness (QED) is 0.869. The first-order valence-electron chi connectivity index (χ1n) is 7.46. The number of carbonyl (C=O) groups is 2. The summed E-state index contributed by atoms with van der Waals surface area (Å²) in [7, 11) is 0. The Morgan fingerprint density at radius 3 is 2.80 bits per heavy atom. The molecular formula is C16H20N2O2. The summed E-state index contributed by atoms with van der Waals surface area (Å²) in [6.45, 7) is 0.694. The van der Waals surface area contributed by atoms with E-state index in [9.17, 15) is 9.59 Å². The Kier molecular flexibility index (Phi) is 3.72. The molecule has 1 aliphatic carbocycles. The van der Waals surface area contributed by atoms with Crippen LogP contribution in [-0.4, -0.2) is 18.4 Å². The number of hydrogen-bond donors (Lipinski definition) is 2. The lowest BCUT2D eigenvalue weighted by molar-refractivity contribution is -0.120. The van der Waals surface area contributed by atoms with Crippen molar-refractivity contribution in [2.75, 3.05) is 11.9 Å². The van der Waals surface area contributed by atoms with Crippen molar-refractivity contribution in [2.24, 2.45) is 5.92 Å². The normalized spacial score (nSPS) is 19.1. The summed E-state index contributed by atoms with van der Waals surface area (Å²) in [6.07, 6.45) is 6.35. The summed E-state index contributed by atoms with van der Waals surface area (Å²) in [5, 5.41) is 5.79. The Bertz CT molecular complexity index is 533. The highest BCUT2D eigenvalue weighted by molar-refractivity contribution is 5.99. The minimum absolute atomic E-state index is 0.0417. The zero-order valence-electron chi connectivity index (χ0n) is 11.6. The van der Waals surface area contributed by atoms with Gasteiger partial charge in [-0.2, -0.15) is 0 Å². The van der Waals surface area contributed by atoms with Crippen LogP contribution in [0.3, 0.4) is 0 Å². The maximum absolute atomic E-state index is 12.2. The van der Waals surface area contributed by atoms with Gasteiger partial charge in [0.1, 0.15) is 0 Å². The summed E-state index contributed by atoms with van der Waals surface area (Å²) >= 11 is 0. The van der Waals surface area contributed by atoms with Crippen LogP contribution in [0.4, 0.5) is 5.69 Å². The molecule has 1 aliphatic heterocycles. The van der Waals surface area contributed by atoms with Gasteiger partial charge in [0.25, 0.3) is 5.91 Å². The largest absolute Gasteiger partial charge is 0.352 e. The molecule has 106 valence electrons. The predicted octanol–water partition coefficient (Wildman–Crippen LogP) is 2.49. The van der Waals surface area contributed by atoms with Gasteiger partial charge in [-0.1, -0.05) is 25.3 Å². The Balaban J connectivity index is 1.72. The Labute approximate surface area is 118 Å². The number of benzene rings is 1. The highest BCUT2D eigenvalue weighted by Crippen LogP contribution is 2.26. The van der Waals surface area contributed by atoms with Crippen molar-refractivity contribution in [1.82, 2.24) is 5.32 Å². The van der Waals surface area contributed by atoms with E-state index >= 15 is 0 Å². The molecule has 1 saturated carbocycles. The van der Waals surface area contributed by atoms with E-state index in [1.807, 2.05) is 12.1 Å². The molecule has 0 radical (unpaired) electrons. The fraction of sp³-hybridized carbons (Fsp3) is 0.500. The first-order valence-corrected chi connectivity index (χ1v) is 7.46. The number of amides is 2. The van der Waals surface area contributed by atoms with Gasteiger partial charge in [-0.25, -0.2) is 0 Å². The maximum Gasteiger partial charge on any atom is 0.251 e. The molecule has 20 heavy (non-hydrogen) atoms. The molecule has 2 N–H and O–H groups in total. The molecule has 1 aromatic carbocycles. The highest BCUT2D eigenvalue weighted by Gasteiger charge is 2.22. The van der Waals surface area contributed by atoms with Gasteiger partial charge in [0, 0.05) is 23.7 Å². The van der Waals surface area contributed by atoms with Gasteiger partial charge in [0.05, 0.1) is 0 Å². The average molecular weight is 272 g/mol. The molecule has 0 unspecified atom stereocenters. The van der Waals surface area contributed by atoms with Crippen molar-refractivity contribution >= 4 is 17.5 Å². The monoisotopic (exact) mass is 272 g/mol. The SMILES string of the molecule is O=C1NCCc2ccc(NC(=O)C3CCCCC3)cc21. The molecule has 1 aromatic rings. The van der Waals surface area contributed by atoms with E-state index in [1.165, 1.54) is 6.42 Å². The third-order valence-electron chi connectivity index (χ3n) is 4.28. The third-order valence-corrected chi connectivity index (χ3v) is 4.28. The second kappa shape index (κ2) is 5.65. The number of nitrogens with one attached hydrogen (secondary N) is 2. The van der Waals surface area contributed by atoms with E-state index in [2.05, 4.69) is 10.6 Å². The lowest BCUT2D eigenvalue weighted by Crippen LogP contribution is -2.32. The molecule has 1 heterocycles. The van der Waals surface area contributed by atoms with Crippen LogP contribution >= 0.6 is 0 Å². The zero-order valence-corrected chi connectivity index (χ0v) is 11.6. The van der Waals surface area contributed by atoms with Crippen molar-refractivity contribution in [3.05, 3.63) is 29.3 Å². The second-order valence-electron chi connectivity index (χ2n) is 5.70. The molecule has 2 amide bonds. The summed E-state index contributed by atoms with van der Waals surface area (Å²) < 4.78 is 0. The van der Waals surface area contributed by atoms with Crippen LogP contribution in [0.25, 0.3) is 0 Å². The molecule has 4 heteroatoms. The Morgan fingerprint density at radius 2 is 2.00 bits per heavy atom. The minimum Gasteiger partial charge on any atom is -0.352 e. The van der Waals surface area contributed by atoms with Crippen molar-refractivity contribution in [3.8, 4) is 0 Å². The summed E-state index contributed by atoms with van der Waals surface area (Å²) in [4.78, 5) is 24.0. The van der Waals surface area contributed by atoms with Gasteiger partial charge in [0.2, 0.25) is 5.91 Å². The van der Waals surface area contributed by atoms with Crippen molar-refractivity contribution in [2.45, 2.75) is 38.5 Å². The van der Waals surface area contributed by atoms with E-state index < -0.39 is 0 Å². The van der Waals surface area contributed by atoms with Crippen LogP contribution in [0, 0.1) is 5.92 Å². The van der Waals surface area contributed by atoms with Crippen LogP contribution in [-0.2, 0) is 11.2 Å². The average Bonchev–Trinajstić information content (AvgIpc) is 2.49. The first kappa shape index (κ1) is 13.2. The smallest absolute Gasteiger partial charge is 0.251 e. The number of hydrogen-bond acceptors (Lipinski definition) is 2. The van der Waals surface area contributed by atoms with Gasteiger partial charge in [0.15, 0.2) is 0 Å². The standard InChI is InChI=1S/C16H20N2O2/c19-15(12-4-2-1-3-5-12)18-13-7-6-11-8-9-17-16(20)14(11)10-13/h6-7,10,12H,1-5,8-9H2,(H,17,20)(H,18,19). The molecule has 1 fully saturated rings. The van der Waals surface area contributed by atoms with Gasteiger partial charge in [-0.05, 0) is 37.0 Å². The zero-order chi connectivity index (χ0) is 13.9. The predicted molar refractivity (Wildman–Crippen MR) is 77.7 cm³/mol. The Hall–Kier alpha value is -1.84.